The molecule has 0 fully saturated rings. The van der Waals surface area contributed by atoms with E-state index in [2.05, 4.69) is 64.1 Å². The molecule has 2 rings (SSSR count). The number of nitrogens with one attached hydrogen (secondary N) is 2. The first-order valence-electron chi connectivity index (χ1n) is 6.65. The molecule has 1 aromatic heterocycles. The molecule has 0 spiro atoms. The Hall–Kier alpha value is -1.13. The number of hydrogen-bond acceptors (Lipinski definition) is 2. The third kappa shape index (κ3) is 3.67. The number of aromatic nitrogens is 2. The topological polar surface area (TPSA) is 40.7 Å². The molecule has 0 saturated carbocycles. The van der Waals surface area contributed by atoms with Crippen molar-refractivity contribution in [1.82, 2.24) is 15.3 Å². The van der Waals surface area contributed by atoms with Crippen molar-refractivity contribution in [3.63, 3.8) is 0 Å². The molecular formula is C15H20BrN3. The molecular weight excluding hydrogens is 302 g/mol. The smallest absolute Gasteiger partial charge is 0.121 e. The van der Waals surface area contributed by atoms with Crippen LogP contribution in [-0.2, 0) is 6.54 Å². The molecule has 2 aromatic rings. The van der Waals surface area contributed by atoms with Gasteiger partial charge in [0.15, 0.2) is 0 Å². The summed E-state index contributed by atoms with van der Waals surface area (Å²) in [6.45, 7) is 7.22. The highest BCUT2D eigenvalue weighted by Gasteiger charge is 2.09. The fourth-order valence-corrected chi connectivity index (χ4v) is 2.17. The van der Waals surface area contributed by atoms with Crippen LogP contribution >= 0.6 is 15.9 Å². The van der Waals surface area contributed by atoms with Crippen molar-refractivity contribution in [2.45, 2.75) is 39.8 Å². The first-order valence-corrected chi connectivity index (χ1v) is 7.44. The van der Waals surface area contributed by atoms with Crippen LogP contribution in [0.4, 0.5) is 0 Å². The number of nitrogens with zero attached hydrogens (tertiary/aromatic N) is 1. The summed E-state index contributed by atoms with van der Waals surface area (Å²) in [5.41, 5.74) is 3.29. The van der Waals surface area contributed by atoms with E-state index in [9.17, 15) is 0 Å². The van der Waals surface area contributed by atoms with Gasteiger partial charge in [0.1, 0.15) is 5.82 Å². The summed E-state index contributed by atoms with van der Waals surface area (Å²) in [7, 11) is 0. The SMILES string of the molecule is CCC(C)NCc1nc(-c2ccc(Br)cc2)c(C)[nH]1. The summed E-state index contributed by atoms with van der Waals surface area (Å²) in [5, 5.41) is 3.45. The van der Waals surface area contributed by atoms with Gasteiger partial charge in [-0.05, 0) is 32.4 Å². The zero-order chi connectivity index (χ0) is 13.8. The highest BCUT2D eigenvalue weighted by molar-refractivity contribution is 9.10. The average Bonchev–Trinajstić information content (AvgIpc) is 2.78. The number of rotatable bonds is 5. The van der Waals surface area contributed by atoms with Gasteiger partial charge in [-0.25, -0.2) is 4.98 Å². The van der Waals surface area contributed by atoms with Crippen molar-refractivity contribution in [1.29, 1.82) is 0 Å². The molecule has 0 radical (unpaired) electrons. The maximum absolute atomic E-state index is 4.68. The molecule has 0 amide bonds. The zero-order valence-electron chi connectivity index (χ0n) is 11.6. The van der Waals surface area contributed by atoms with Crippen LogP contribution in [0.2, 0.25) is 0 Å². The van der Waals surface area contributed by atoms with Crippen LogP contribution in [0, 0.1) is 6.92 Å². The second-order valence-corrected chi connectivity index (χ2v) is 5.77. The molecule has 1 aromatic carbocycles. The van der Waals surface area contributed by atoms with E-state index in [0.29, 0.717) is 6.04 Å². The van der Waals surface area contributed by atoms with Crippen molar-refractivity contribution in [3.8, 4) is 11.3 Å². The van der Waals surface area contributed by atoms with E-state index in [-0.39, 0.29) is 0 Å². The molecule has 19 heavy (non-hydrogen) atoms. The largest absolute Gasteiger partial charge is 0.344 e. The van der Waals surface area contributed by atoms with Crippen molar-refractivity contribution in [3.05, 3.63) is 40.3 Å². The molecule has 1 atom stereocenters. The number of aromatic amines is 1. The van der Waals surface area contributed by atoms with Gasteiger partial charge in [0.2, 0.25) is 0 Å². The standard InChI is InChI=1S/C15H20BrN3/c1-4-10(2)17-9-14-18-11(3)15(19-14)12-5-7-13(16)8-6-12/h5-8,10,17H,4,9H2,1-3H3,(H,18,19). The Morgan fingerprint density at radius 1 is 1.32 bits per heavy atom. The summed E-state index contributed by atoms with van der Waals surface area (Å²) in [6, 6.07) is 8.76. The molecule has 1 heterocycles. The van der Waals surface area contributed by atoms with Crippen LogP contribution in [0.3, 0.4) is 0 Å². The molecule has 0 saturated heterocycles. The number of hydrogen-bond donors (Lipinski definition) is 2. The van der Waals surface area contributed by atoms with Gasteiger partial charge in [0.25, 0.3) is 0 Å². The highest BCUT2D eigenvalue weighted by Crippen LogP contribution is 2.23. The number of benzene rings is 1. The maximum atomic E-state index is 4.68. The van der Waals surface area contributed by atoms with E-state index in [0.717, 1.165) is 40.2 Å². The van der Waals surface area contributed by atoms with Gasteiger partial charge in [-0.3, -0.25) is 0 Å². The van der Waals surface area contributed by atoms with Gasteiger partial charge < -0.3 is 10.3 Å². The van der Waals surface area contributed by atoms with Gasteiger partial charge in [0, 0.05) is 21.8 Å². The van der Waals surface area contributed by atoms with Crippen LogP contribution in [0.15, 0.2) is 28.7 Å². The normalized spacial score (nSPS) is 12.6. The van der Waals surface area contributed by atoms with Gasteiger partial charge in [-0.2, -0.15) is 0 Å². The average molecular weight is 322 g/mol. The third-order valence-electron chi connectivity index (χ3n) is 3.28. The predicted molar refractivity (Wildman–Crippen MR) is 83.1 cm³/mol. The van der Waals surface area contributed by atoms with Gasteiger partial charge in [0.05, 0.1) is 12.2 Å². The lowest BCUT2D eigenvalue weighted by molar-refractivity contribution is 0.525. The number of aryl methyl sites for hydroxylation is 1. The fraction of sp³-hybridized carbons (Fsp3) is 0.400. The summed E-state index contributed by atoms with van der Waals surface area (Å²) in [5.74, 6) is 0.996. The van der Waals surface area contributed by atoms with E-state index in [4.69, 9.17) is 0 Å². The lowest BCUT2D eigenvalue weighted by Gasteiger charge is -2.08. The second kappa shape index (κ2) is 6.35. The Morgan fingerprint density at radius 2 is 2.00 bits per heavy atom. The quantitative estimate of drug-likeness (QED) is 0.872. The first-order chi connectivity index (χ1) is 9.10. The zero-order valence-corrected chi connectivity index (χ0v) is 13.2. The lowest BCUT2D eigenvalue weighted by Crippen LogP contribution is -2.24. The summed E-state index contributed by atoms with van der Waals surface area (Å²) >= 11 is 3.45. The lowest BCUT2D eigenvalue weighted by atomic mass is 10.1. The molecule has 0 aliphatic carbocycles. The summed E-state index contributed by atoms with van der Waals surface area (Å²) < 4.78 is 1.09. The van der Waals surface area contributed by atoms with Crippen LogP contribution in [-0.4, -0.2) is 16.0 Å². The van der Waals surface area contributed by atoms with E-state index in [1.807, 2.05) is 12.1 Å². The van der Waals surface area contributed by atoms with Crippen LogP contribution in [0.1, 0.15) is 31.8 Å². The number of imidazole rings is 1. The molecule has 1 unspecified atom stereocenters. The Bertz CT molecular complexity index is 531. The maximum Gasteiger partial charge on any atom is 0.121 e. The molecule has 2 N–H and O–H groups in total. The van der Waals surface area contributed by atoms with Gasteiger partial charge in [-0.1, -0.05) is 35.0 Å². The van der Waals surface area contributed by atoms with Crippen molar-refractivity contribution < 1.29 is 0 Å². The van der Waals surface area contributed by atoms with Crippen molar-refractivity contribution in [2.75, 3.05) is 0 Å². The molecule has 3 nitrogen and oxygen atoms in total. The number of H-pyrrole nitrogens is 1. The minimum atomic E-state index is 0.515. The summed E-state index contributed by atoms with van der Waals surface area (Å²) in [6.07, 6.45) is 1.12. The minimum absolute atomic E-state index is 0.515. The highest BCUT2D eigenvalue weighted by atomic mass is 79.9. The molecule has 102 valence electrons. The van der Waals surface area contributed by atoms with E-state index >= 15 is 0 Å². The fourth-order valence-electron chi connectivity index (χ4n) is 1.91. The second-order valence-electron chi connectivity index (χ2n) is 4.85. The minimum Gasteiger partial charge on any atom is -0.344 e. The predicted octanol–water partition coefficient (Wildman–Crippen LogP) is 4.04. The Balaban J connectivity index is 2.14. The molecule has 4 heteroatoms. The van der Waals surface area contributed by atoms with E-state index < -0.39 is 0 Å². The Labute approximate surface area is 123 Å². The van der Waals surface area contributed by atoms with Crippen LogP contribution in [0.25, 0.3) is 11.3 Å². The third-order valence-corrected chi connectivity index (χ3v) is 3.81. The van der Waals surface area contributed by atoms with Crippen molar-refractivity contribution in [2.24, 2.45) is 0 Å². The Morgan fingerprint density at radius 3 is 2.63 bits per heavy atom. The summed E-state index contributed by atoms with van der Waals surface area (Å²) in [4.78, 5) is 8.03. The number of halogens is 1. The van der Waals surface area contributed by atoms with Gasteiger partial charge in [-0.15, -0.1) is 0 Å². The van der Waals surface area contributed by atoms with E-state index in [1.165, 1.54) is 0 Å². The first kappa shape index (κ1) is 14.3. The Kier molecular flexibility index (Phi) is 4.77. The van der Waals surface area contributed by atoms with Crippen LogP contribution in [0.5, 0.6) is 0 Å². The van der Waals surface area contributed by atoms with E-state index in [1.54, 1.807) is 0 Å². The molecule has 0 aliphatic heterocycles. The molecule has 0 bridgehead atoms. The monoisotopic (exact) mass is 321 g/mol. The van der Waals surface area contributed by atoms with Crippen molar-refractivity contribution >= 4 is 15.9 Å². The van der Waals surface area contributed by atoms with Gasteiger partial charge >= 0.3 is 0 Å². The molecule has 0 aliphatic rings. The van der Waals surface area contributed by atoms with Crippen LogP contribution < -0.4 is 5.32 Å².